The summed E-state index contributed by atoms with van der Waals surface area (Å²) in [6.45, 7) is 1.30. The molecule has 0 saturated heterocycles. The van der Waals surface area contributed by atoms with Crippen LogP contribution in [0.4, 0.5) is 20.3 Å². The van der Waals surface area contributed by atoms with E-state index in [9.17, 15) is 22.0 Å². The maximum atomic E-state index is 14.5. The minimum absolute atomic E-state index is 0.0176. The van der Waals surface area contributed by atoms with E-state index in [0.29, 0.717) is 0 Å². The van der Waals surface area contributed by atoms with Crippen LogP contribution in [0.25, 0.3) is 0 Å². The lowest BCUT2D eigenvalue weighted by Gasteiger charge is -2.13. The molecule has 4 N–H and O–H groups in total. The lowest BCUT2D eigenvalue weighted by atomic mass is 10.1. The van der Waals surface area contributed by atoms with Gasteiger partial charge in [0.25, 0.3) is 15.9 Å². The molecule has 1 amide bonds. The van der Waals surface area contributed by atoms with E-state index in [0.717, 1.165) is 23.5 Å². The number of pyridine rings is 1. The monoisotopic (exact) mass is 439 g/mol. The molecule has 0 atom stereocenters. The molecule has 3 rings (SSSR count). The smallest absolute Gasteiger partial charge is 0.283 e. The largest absolute Gasteiger partial charge is 0.326 e. The number of hydrogen-bond acceptors (Lipinski definition) is 7. The zero-order valence-electron chi connectivity index (χ0n) is 14.9. The second-order valence-corrected chi connectivity index (χ2v) is 8.14. The van der Waals surface area contributed by atoms with Gasteiger partial charge in [-0.3, -0.25) is 9.52 Å². The molecule has 0 bridgehead atoms. The number of sulfonamides is 1. The Kier molecular flexibility index (Phi) is 5.86. The number of hydrogen-bond donors (Lipinski definition) is 3. The molecule has 0 fully saturated rings. The fourth-order valence-corrected chi connectivity index (χ4v) is 4.12. The van der Waals surface area contributed by atoms with Gasteiger partial charge in [-0.05, 0) is 18.6 Å². The summed E-state index contributed by atoms with van der Waals surface area (Å²) in [7, 11) is -4.33. The Morgan fingerprint density at radius 3 is 2.69 bits per heavy atom. The van der Waals surface area contributed by atoms with Gasteiger partial charge in [-0.25, -0.2) is 18.7 Å². The second kappa shape index (κ2) is 8.19. The maximum Gasteiger partial charge on any atom is 0.283 e. The Balaban J connectivity index is 1.91. The van der Waals surface area contributed by atoms with Crippen molar-refractivity contribution >= 4 is 38.8 Å². The van der Waals surface area contributed by atoms with Crippen LogP contribution in [-0.4, -0.2) is 24.3 Å². The number of aromatic nitrogens is 2. The molecule has 0 aliphatic carbocycles. The van der Waals surface area contributed by atoms with E-state index in [4.69, 9.17) is 5.73 Å². The summed E-state index contributed by atoms with van der Waals surface area (Å²) in [6.07, 6.45) is 0. The van der Waals surface area contributed by atoms with Gasteiger partial charge in [-0.2, -0.15) is 8.42 Å². The minimum Gasteiger partial charge on any atom is -0.326 e. The highest BCUT2D eigenvalue weighted by molar-refractivity contribution is 7.92. The topological polar surface area (TPSA) is 127 Å². The Labute approximate surface area is 168 Å². The first-order valence-corrected chi connectivity index (χ1v) is 10.5. The molecule has 152 valence electrons. The van der Waals surface area contributed by atoms with Crippen molar-refractivity contribution in [3.05, 3.63) is 63.6 Å². The number of anilines is 2. The SMILES string of the molecule is Cc1nc(S(=O)(=O)Nc2cscn2)c(F)cc1NC(=O)c1c(F)cccc1CN. The molecule has 2 aromatic heterocycles. The van der Waals surface area contributed by atoms with Gasteiger partial charge in [0, 0.05) is 18.0 Å². The van der Waals surface area contributed by atoms with Gasteiger partial charge in [0.1, 0.15) is 5.82 Å². The van der Waals surface area contributed by atoms with Crippen LogP contribution < -0.4 is 15.8 Å². The standard InChI is InChI=1S/C17H15F2N5O3S2/c1-9-13(23-16(25)15-10(6-20)3-2-4-11(15)18)5-12(19)17(22-9)29(26,27)24-14-7-28-8-21-14/h2-5,7-8,24H,6,20H2,1H3,(H,23,25). The number of carbonyl (C=O) groups excluding carboxylic acids is 1. The van der Waals surface area contributed by atoms with E-state index in [1.54, 1.807) is 0 Å². The Morgan fingerprint density at radius 2 is 2.03 bits per heavy atom. The maximum absolute atomic E-state index is 14.5. The lowest BCUT2D eigenvalue weighted by molar-refractivity contribution is 0.102. The van der Waals surface area contributed by atoms with Crippen LogP contribution in [0.3, 0.4) is 0 Å². The van der Waals surface area contributed by atoms with Crippen molar-refractivity contribution in [2.45, 2.75) is 18.5 Å². The van der Waals surface area contributed by atoms with Crippen LogP contribution in [-0.2, 0) is 16.6 Å². The highest BCUT2D eigenvalue weighted by Crippen LogP contribution is 2.23. The fourth-order valence-electron chi connectivity index (χ4n) is 2.50. The first-order valence-electron chi connectivity index (χ1n) is 8.10. The van der Waals surface area contributed by atoms with Gasteiger partial charge in [0.05, 0.1) is 22.5 Å². The van der Waals surface area contributed by atoms with Crippen LogP contribution in [0, 0.1) is 18.6 Å². The van der Waals surface area contributed by atoms with Crippen molar-refractivity contribution in [1.29, 1.82) is 0 Å². The number of aryl methyl sites for hydroxylation is 1. The predicted octanol–water partition coefficient (Wildman–Crippen LogP) is 2.64. The van der Waals surface area contributed by atoms with Gasteiger partial charge >= 0.3 is 0 Å². The van der Waals surface area contributed by atoms with Gasteiger partial charge < -0.3 is 11.1 Å². The molecule has 29 heavy (non-hydrogen) atoms. The Morgan fingerprint density at radius 1 is 1.28 bits per heavy atom. The van der Waals surface area contributed by atoms with Crippen LogP contribution in [0.2, 0.25) is 0 Å². The number of rotatable bonds is 6. The van der Waals surface area contributed by atoms with E-state index < -0.39 is 32.6 Å². The quantitative estimate of drug-likeness (QED) is 0.542. The number of amides is 1. The van der Waals surface area contributed by atoms with Crippen molar-refractivity contribution in [1.82, 2.24) is 9.97 Å². The molecular formula is C17H15F2N5O3S2. The van der Waals surface area contributed by atoms with Gasteiger partial charge in [-0.15, -0.1) is 11.3 Å². The third-order valence-corrected chi connectivity index (χ3v) is 5.71. The van der Waals surface area contributed by atoms with E-state index in [1.807, 2.05) is 0 Å². The van der Waals surface area contributed by atoms with Crippen LogP contribution in [0.15, 0.2) is 40.2 Å². The fraction of sp³-hybridized carbons (Fsp3) is 0.118. The van der Waals surface area contributed by atoms with Crippen molar-refractivity contribution in [2.24, 2.45) is 5.73 Å². The molecule has 3 aromatic rings. The van der Waals surface area contributed by atoms with Gasteiger partial charge in [-0.1, -0.05) is 12.1 Å². The molecule has 0 spiro atoms. The summed E-state index contributed by atoms with van der Waals surface area (Å²) in [5.41, 5.74) is 6.83. The third-order valence-electron chi connectivity index (χ3n) is 3.86. The van der Waals surface area contributed by atoms with Crippen molar-refractivity contribution < 1.29 is 22.0 Å². The number of halogens is 2. The van der Waals surface area contributed by atoms with Crippen LogP contribution in [0.1, 0.15) is 21.6 Å². The van der Waals surface area contributed by atoms with E-state index in [1.165, 1.54) is 29.9 Å². The Bertz CT molecular complexity index is 1170. The Hall–Kier alpha value is -2.96. The minimum atomic E-state index is -4.33. The predicted molar refractivity (Wildman–Crippen MR) is 104 cm³/mol. The molecule has 0 aliphatic rings. The summed E-state index contributed by atoms with van der Waals surface area (Å²) in [4.78, 5) is 20.0. The van der Waals surface area contributed by atoms with Crippen molar-refractivity contribution in [3.8, 4) is 0 Å². The second-order valence-electron chi connectivity index (χ2n) is 5.82. The van der Waals surface area contributed by atoms with E-state index in [-0.39, 0.29) is 34.9 Å². The summed E-state index contributed by atoms with van der Waals surface area (Å²) in [6, 6.07) is 4.80. The molecular weight excluding hydrogens is 424 g/mol. The summed E-state index contributed by atoms with van der Waals surface area (Å²) >= 11 is 1.15. The van der Waals surface area contributed by atoms with Crippen molar-refractivity contribution in [2.75, 3.05) is 10.0 Å². The summed E-state index contributed by atoms with van der Waals surface area (Å²) < 4.78 is 55.4. The summed E-state index contributed by atoms with van der Waals surface area (Å²) in [5.74, 6) is -2.81. The number of thiazole rings is 1. The van der Waals surface area contributed by atoms with E-state index in [2.05, 4.69) is 20.0 Å². The number of carbonyl (C=O) groups is 1. The molecule has 1 aromatic carbocycles. The lowest BCUT2D eigenvalue weighted by Crippen LogP contribution is -2.20. The third kappa shape index (κ3) is 4.39. The average Bonchev–Trinajstić information content (AvgIpc) is 3.16. The first-order chi connectivity index (χ1) is 13.7. The normalized spacial score (nSPS) is 11.3. The van der Waals surface area contributed by atoms with Crippen molar-refractivity contribution in [3.63, 3.8) is 0 Å². The number of nitrogens with zero attached hydrogens (tertiary/aromatic N) is 2. The molecule has 0 radical (unpaired) electrons. The highest BCUT2D eigenvalue weighted by atomic mass is 32.2. The van der Waals surface area contributed by atoms with Gasteiger partial charge in [0.2, 0.25) is 5.03 Å². The molecule has 12 heteroatoms. The number of nitrogens with two attached hydrogens (primary N) is 1. The molecule has 8 nitrogen and oxygen atoms in total. The first kappa shape index (κ1) is 20.8. The zero-order chi connectivity index (χ0) is 21.2. The summed E-state index contributed by atoms with van der Waals surface area (Å²) in [5, 5.41) is 2.92. The molecule has 2 heterocycles. The zero-order valence-corrected chi connectivity index (χ0v) is 16.6. The highest BCUT2D eigenvalue weighted by Gasteiger charge is 2.25. The molecule has 0 unspecified atom stereocenters. The number of benzene rings is 1. The van der Waals surface area contributed by atoms with Gasteiger partial charge in [0.15, 0.2) is 11.6 Å². The van der Waals surface area contributed by atoms with Crippen LogP contribution in [0.5, 0.6) is 0 Å². The van der Waals surface area contributed by atoms with Crippen LogP contribution >= 0.6 is 11.3 Å². The average molecular weight is 439 g/mol. The molecule has 0 aliphatic heterocycles. The number of nitrogens with one attached hydrogen (secondary N) is 2. The van der Waals surface area contributed by atoms with E-state index >= 15 is 0 Å². The molecule has 0 saturated carbocycles.